The molecule has 1 saturated heterocycles. The van der Waals surface area contributed by atoms with Crippen LogP contribution in [0.25, 0.3) is 16.8 Å². The van der Waals surface area contributed by atoms with E-state index in [4.69, 9.17) is 21.3 Å². The molecule has 2 N–H and O–H groups in total. The van der Waals surface area contributed by atoms with Gasteiger partial charge in [0, 0.05) is 50.4 Å². The molecule has 0 bridgehead atoms. The summed E-state index contributed by atoms with van der Waals surface area (Å²) in [4.78, 5) is 17.8. The van der Waals surface area contributed by atoms with Crippen LogP contribution in [0.2, 0.25) is 5.02 Å². The van der Waals surface area contributed by atoms with Crippen LogP contribution in [-0.2, 0) is 4.79 Å². The van der Waals surface area contributed by atoms with Crippen molar-refractivity contribution >= 4 is 29.2 Å². The van der Waals surface area contributed by atoms with Gasteiger partial charge in [0.2, 0.25) is 6.41 Å². The maximum atomic E-state index is 10.7. The molecule has 1 aliphatic heterocycles. The fraction of sp³-hybridized carbons (Fsp3) is 0.435. The van der Waals surface area contributed by atoms with Crippen LogP contribution in [0.3, 0.4) is 0 Å². The van der Waals surface area contributed by atoms with E-state index in [0.717, 1.165) is 61.5 Å². The van der Waals surface area contributed by atoms with Crippen molar-refractivity contribution in [1.82, 2.24) is 25.2 Å². The molecule has 170 valence electrons. The van der Waals surface area contributed by atoms with Crippen LogP contribution in [0.15, 0.2) is 36.8 Å². The zero-order valence-corrected chi connectivity index (χ0v) is 19.2. The molecule has 3 aromatic heterocycles. The summed E-state index contributed by atoms with van der Waals surface area (Å²) in [6.45, 7) is 8.57. The van der Waals surface area contributed by atoms with Crippen molar-refractivity contribution in [1.29, 1.82) is 0 Å². The quantitative estimate of drug-likeness (QED) is 0.481. The highest BCUT2D eigenvalue weighted by Gasteiger charge is 2.20. The van der Waals surface area contributed by atoms with Gasteiger partial charge in [0.15, 0.2) is 0 Å². The summed E-state index contributed by atoms with van der Waals surface area (Å²) in [5, 5.41) is 11.0. The standard InChI is InChI=1S/C23H29ClN6O2/c1-3-17(11-26-15-31)16(2)32-22-10-18(14-30-23(22)20(24)13-28-30)21-5-4-19(12-27-21)29-8-6-25-7-9-29/h4-5,10,12-17,25H,3,6-9,11H2,1-2H3,(H,26,31). The summed E-state index contributed by atoms with van der Waals surface area (Å²) in [7, 11) is 0. The van der Waals surface area contributed by atoms with E-state index in [9.17, 15) is 4.79 Å². The molecule has 8 nitrogen and oxygen atoms in total. The lowest BCUT2D eigenvalue weighted by atomic mass is 10.0. The molecule has 4 heterocycles. The van der Waals surface area contributed by atoms with Crippen molar-refractivity contribution in [3.63, 3.8) is 0 Å². The summed E-state index contributed by atoms with van der Waals surface area (Å²) in [6.07, 6.45) is 6.92. The Hall–Kier alpha value is -2.84. The summed E-state index contributed by atoms with van der Waals surface area (Å²) in [6, 6.07) is 6.10. The van der Waals surface area contributed by atoms with Crippen LogP contribution in [-0.4, -0.2) is 59.8 Å². The maximum absolute atomic E-state index is 10.7. The van der Waals surface area contributed by atoms with E-state index < -0.39 is 0 Å². The van der Waals surface area contributed by atoms with Crippen LogP contribution in [0, 0.1) is 5.92 Å². The Morgan fingerprint density at radius 2 is 2.12 bits per heavy atom. The van der Waals surface area contributed by atoms with Crippen LogP contribution in [0.5, 0.6) is 5.75 Å². The van der Waals surface area contributed by atoms with Gasteiger partial charge in [-0.05, 0) is 31.5 Å². The second-order valence-corrected chi connectivity index (χ2v) is 8.44. The van der Waals surface area contributed by atoms with E-state index in [1.807, 2.05) is 31.5 Å². The molecule has 0 spiro atoms. The molecule has 32 heavy (non-hydrogen) atoms. The fourth-order valence-electron chi connectivity index (χ4n) is 4.08. The molecule has 1 aliphatic rings. The van der Waals surface area contributed by atoms with Gasteiger partial charge in [-0.3, -0.25) is 9.78 Å². The zero-order chi connectivity index (χ0) is 22.5. The molecule has 1 amide bonds. The first-order chi connectivity index (χ1) is 15.6. The smallest absolute Gasteiger partial charge is 0.207 e. The number of ether oxygens (including phenoxy) is 1. The van der Waals surface area contributed by atoms with Gasteiger partial charge in [0.25, 0.3) is 0 Å². The number of hydrogen-bond donors (Lipinski definition) is 2. The third kappa shape index (κ3) is 4.81. The van der Waals surface area contributed by atoms with Crippen molar-refractivity contribution in [2.45, 2.75) is 26.4 Å². The molecular formula is C23H29ClN6O2. The first kappa shape index (κ1) is 22.4. The average Bonchev–Trinajstić information content (AvgIpc) is 3.21. The Balaban J connectivity index is 1.62. The second kappa shape index (κ2) is 10.2. The van der Waals surface area contributed by atoms with E-state index in [2.05, 4.69) is 33.6 Å². The first-order valence-electron chi connectivity index (χ1n) is 11.0. The molecule has 3 aromatic rings. The van der Waals surface area contributed by atoms with Gasteiger partial charge < -0.3 is 20.3 Å². The number of anilines is 1. The van der Waals surface area contributed by atoms with Crippen LogP contribution < -0.4 is 20.3 Å². The number of pyridine rings is 2. The lowest BCUT2D eigenvalue weighted by Crippen LogP contribution is -2.43. The number of amides is 1. The molecule has 0 aliphatic carbocycles. The SMILES string of the molecule is CCC(CNC=O)C(C)Oc1cc(-c2ccc(N3CCNCC3)cn2)cn2ncc(Cl)c12. The molecule has 9 heteroatoms. The number of nitrogens with zero attached hydrogens (tertiary/aromatic N) is 4. The predicted octanol–water partition coefficient (Wildman–Crippen LogP) is 3.00. The summed E-state index contributed by atoms with van der Waals surface area (Å²) in [5.41, 5.74) is 3.57. The molecule has 0 radical (unpaired) electrons. The summed E-state index contributed by atoms with van der Waals surface area (Å²) < 4.78 is 8.09. The summed E-state index contributed by atoms with van der Waals surface area (Å²) >= 11 is 6.42. The van der Waals surface area contributed by atoms with Gasteiger partial charge in [-0.2, -0.15) is 5.10 Å². The Morgan fingerprint density at radius 1 is 1.31 bits per heavy atom. The number of hydrogen-bond acceptors (Lipinski definition) is 6. The van der Waals surface area contributed by atoms with Crippen molar-refractivity contribution in [3.8, 4) is 17.0 Å². The number of piperazine rings is 1. The highest BCUT2D eigenvalue weighted by molar-refractivity contribution is 6.34. The average molecular weight is 457 g/mol. The minimum Gasteiger partial charge on any atom is -0.488 e. The molecule has 2 unspecified atom stereocenters. The van der Waals surface area contributed by atoms with Crippen molar-refractivity contribution in [2.24, 2.45) is 5.92 Å². The van der Waals surface area contributed by atoms with Gasteiger partial charge in [0.05, 0.1) is 28.8 Å². The largest absolute Gasteiger partial charge is 0.488 e. The van der Waals surface area contributed by atoms with Gasteiger partial charge in [-0.1, -0.05) is 18.5 Å². The fourth-order valence-corrected chi connectivity index (χ4v) is 4.31. The topological polar surface area (TPSA) is 83.8 Å². The minimum absolute atomic E-state index is 0.125. The number of halogens is 1. The Labute approximate surface area is 192 Å². The maximum Gasteiger partial charge on any atom is 0.207 e. The summed E-state index contributed by atoms with van der Waals surface area (Å²) in [5.74, 6) is 0.817. The zero-order valence-electron chi connectivity index (χ0n) is 18.4. The third-order valence-electron chi connectivity index (χ3n) is 6.02. The number of aromatic nitrogens is 3. The first-order valence-corrected chi connectivity index (χ1v) is 11.4. The van der Waals surface area contributed by atoms with Gasteiger partial charge in [-0.15, -0.1) is 0 Å². The number of carbonyl (C=O) groups excluding carboxylic acids is 1. The lowest BCUT2D eigenvalue weighted by Gasteiger charge is -2.29. The van der Waals surface area contributed by atoms with E-state index >= 15 is 0 Å². The molecular weight excluding hydrogens is 428 g/mol. The Morgan fingerprint density at radius 3 is 2.81 bits per heavy atom. The minimum atomic E-state index is -0.125. The molecule has 2 atom stereocenters. The Kier molecular flexibility index (Phi) is 7.12. The normalized spacial score (nSPS) is 16.0. The monoisotopic (exact) mass is 456 g/mol. The van der Waals surface area contributed by atoms with Crippen molar-refractivity contribution < 1.29 is 9.53 Å². The van der Waals surface area contributed by atoms with E-state index in [-0.39, 0.29) is 12.0 Å². The van der Waals surface area contributed by atoms with Gasteiger partial charge in [-0.25, -0.2) is 4.52 Å². The number of carbonyl (C=O) groups is 1. The van der Waals surface area contributed by atoms with Crippen LogP contribution >= 0.6 is 11.6 Å². The van der Waals surface area contributed by atoms with Crippen LogP contribution in [0.1, 0.15) is 20.3 Å². The predicted molar refractivity (Wildman–Crippen MR) is 126 cm³/mol. The number of fused-ring (bicyclic) bond motifs is 1. The molecule has 0 saturated carbocycles. The van der Waals surface area contributed by atoms with E-state index in [1.165, 1.54) is 0 Å². The number of nitrogens with one attached hydrogen (secondary N) is 2. The van der Waals surface area contributed by atoms with Gasteiger partial charge in [0.1, 0.15) is 17.4 Å². The van der Waals surface area contributed by atoms with Gasteiger partial charge >= 0.3 is 0 Å². The molecule has 0 aromatic carbocycles. The highest BCUT2D eigenvalue weighted by Crippen LogP contribution is 2.33. The van der Waals surface area contributed by atoms with E-state index in [1.54, 1.807) is 10.7 Å². The second-order valence-electron chi connectivity index (χ2n) is 8.03. The van der Waals surface area contributed by atoms with Crippen LogP contribution in [0.4, 0.5) is 5.69 Å². The van der Waals surface area contributed by atoms with E-state index in [0.29, 0.717) is 17.3 Å². The van der Waals surface area contributed by atoms with Crippen molar-refractivity contribution in [2.75, 3.05) is 37.6 Å². The van der Waals surface area contributed by atoms with Crippen molar-refractivity contribution in [3.05, 3.63) is 41.8 Å². The molecule has 1 fully saturated rings. The third-order valence-corrected chi connectivity index (χ3v) is 6.30. The lowest BCUT2D eigenvalue weighted by molar-refractivity contribution is -0.109. The Bertz CT molecular complexity index is 1050. The highest BCUT2D eigenvalue weighted by atomic mass is 35.5. The molecule has 4 rings (SSSR count). The number of rotatable bonds is 9.